The maximum Gasteiger partial charge on any atom is 0.306 e. The Bertz CT molecular complexity index is 1250. The lowest BCUT2D eigenvalue weighted by atomic mass is 10.0. The van der Waals surface area contributed by atoms with E-state index in [4.69, 9.17) is 4.74 Å². The van der Waals surface area contributed by atoms with Crippen molar-refractivity contribution in [1.82, 2.24) is 5.32 Å². The molecule has 0 spiro atoms. The Hall–Kier alpha value is -2.44. The Balaban J connectivity index is 4.59. The van der Waals surface area contributed by atoms with Gasteiger partial charge < -0.3 is 20.3 Å². The summed E-state index contributed by atoms with van der Waals surface area (Å²) < 4.78 is 5.97. The van der Waals surface area contributed by atoms with E-state index in [1.165, 1.54) is 186 Å². The molecular formula is C65H119NO5. The summed E-state index contributed by atoms with van der Waals surface area (Å²) in [4.78, 5) is 26.4. The van der Waals surface area contributed by atoms with E-state index in [0.717, 1.165) is 83.5 Å². The highest BCUT2D eigenvalue weighted by Crippen LogP contribution is 2.19. The number of unbranched alkanes of at least 4 members (excludes halogenated alkanes) is 37. The average Bonchev–Trinajstić information content (AvgIpc) is 3.36. The SMILES string of the molecule is CCCCC/C=C/C=C/C=C/C=C/CCCCCCCC(=O)OC(CCCCCCCCC/C=C/CCCCCCCC)CC(=O)NC(CO)C(O)CCCCCCCCCCCCCCCCCCC. The van der Waals surface area contributed by atoms with Crippen LogP contribution in [-0.4, -0.2) is 46.9 Å². The van der Waals surface area contributed by atoms with Crippen LogP contribution in [0.4, 0.5) is 0 Å². The van der Waals surface area contributed by atoms with Crippen molar-refractivity contribution < 1.29 is 24.5 Å². The van der Waals surface area contributed by atoms with Gasteiger partial charge in [-0.2, -0.15) is 0 Å². The predicted octanol–water partition coefficient (Wildman–Crippen LogP) is 19.5. The van der Waals surface area contributed by atoms with Gasteiger partial charge >= 0.3 is 5.97 Å². The number of nitrogens with one attached hydrogen (secondary N) is 1. The van der Waals surface area contributed by atoms with Crippen LogP contribution in [0.25, 0.3) is 0 Å². The number of carbonyl (C=O) groups is 2. The van der Waals surface area contributed by atoms with Crippen molar-refractivity contribution in [2.45, 2.75) is 334 Å². The largest absolute Gasteiger partial charge is 0.462 e. The molecule has 0 aromatic carbocycles. The van der Waals surface area contributed by atoms with Crippen molar-refractivity contribution in [2.24, 2.45) is 0 Å². The fourth-order valence-electron chi connectivity index (χ4n) is 9.44. The molecule has 71 heavy (non-hydrogen) atoms. The van der Waals surface area contributed by atoms with Crippen molar-refractivity contribution in [1.29, 1.82) is 0 Å². The number of hydrogen-bond donors (Lipinski definition) is 3. The highest BCUT2D eigenvalue weighted by molar-refractivity contribution is 5.77. The Morgan fingerprint density at radius 1 is 0.408 bits per heavy atom. The lowest BCUT2D eigenvalue weighted by Gasteiger charge is -2.24. The first kappa shape index (κ1) is 68.6. The zero-order valence-corrected chi connectivity index (χ0v) is 47.4. The van der Waals surface area contributed by atoms with Gasteiger partial charge in [0.2, 0.25) is 5.91 Å². The van der Waals surface area contributed by atoms with Gasteiger partial charge in [0, 0.05) is 6.42 Å². The lowest BCUT2D eigenvalue weighted by Crippen LogP contribution is -2.46. The third-order valence-corrected chi connectivity index (χ3v) is 14.2. The van der Waals surface area contributed by atoms with Crippen molar-refractivity contribution >= 4 is 11.9 Å². The van der Waals surface area contributed by atoms with Crippen LogP contribution < -0.4 is 5.32 Å². The average molecular weight is 995 g/mol. The maximum absolute atomic E-state index is 13.3. The van der Waals surface area contributed by atoms with Gasteiger partial charge in [0.1, 0.15) is 6.10 Å². The zero-order chi connectivity index (χ0) is 51.6. The summed E-state index contributed by atoms with van der Waals surface area (Å²) in [5.41, 5.74) is 0. The summed E-state index contributed by atoms with van der Waals surface area (Å²) in [6.45, 7) is 6.48. The summed E-state index contributed by atoms with van der Waals surface area (Å²) in [7, 11) is 0. The van der Waals surface area contributed by atoms with Gasteiger partial charge in [0.05, 0.1) is 25.2 Å². The Morgan fingerprint density at radius 2 is 0.732 bits per heavy atom. The minimum Gasteiger partial charge on any atom is -0.462 e. The maximum atomic E-state index is 13.3. The molecule has 3 N–H and O–H groups in total. The van der Waals surface area contributed by atoms with Crippen LogP contribution in [0.15, 0.2) is 60.8 Å². The second-order valence-electron chi connectivity index (χ2n) is 21.2. The van der Waals surface area contributed by atoms with Gasteiger partial charge in [-0.05, 0) is 77.0 Å². The third-order valence-electron chi connectivity index (χ3n) is 14.2. The van der Waals surface area contributed by atoms with Gasteiger partial charge in [-0.15, -0.1) is 0 Å². The number of aliphatic hydroxyl groups is 2. The fraction of sp³-hybridized carbons (Fsp3) is 0.815. The summed E-state index contributed by atoms with van der Waals surface area (Å²) in [5.74, 6) is -0.493. The highest BCUT2D eigenvalue weighted by Gasteiger charge is 2.24. The molecule has 0 saturated carbocycles. The standard InChI is InChI=1S/C65H119NO5/c1-4-7-10-13-16-19-22-25-28-31-34-37-40-43-46-49-52-55-58-65(70)71-61(56-53-50-47-44-41-38-35-32-29-26-23-20-17-14-11-8-5-2)59-64(69)66-62(60-67)63(68)57-54-51-48-45-42-39-36-33-30-27-24-21-18-15-12-9-6-3/h16,19,22,25-26,28-29,31,34,37,61-63,67-68H,4-15,17-18,20-21,23-24,27,30,32-33,35-36,38-60H2,1-3H3,(H,66,69)/b19-16+,25-22+,29-26+,31-28+,37-34+. The molecule has 6 nitrogen and oxygen atoms in total. The van der Waals surface area contributed by atoms with Crippen LogP contribution in [-0.2, 0) is 14.3 Å². The van der Waals surface area contributed by atoms with Crippen molar-refractivity contribution in [3.8, 4) is 0 Å². The Morgan fingerprint density at radius 3 is 1.15 bits per heavy atom. The number of amides is 1. The molecule has 0 aliphatic carbocycles. The van der Waals surface area contributed by atoms with E-state index in [1.807, 2.05) is 0 Å². The van der Waals surface area contributed by atoms with E-state index in [1.54, 1.807) is 0 Å². The van der Waals surface area contributed by atoms with Gasteiger partial charge in [-0.1, -0.05) is 287 Å². The first-order valence-corrected chi connectivity index (χ1v) is 31.1. The summed E-state index contributed by atoms with van der Waals surface area (Å²) in [5, 5.41) is 24.0. The van der Waals surface area contributed by atoms with Gasteiger partial charge in [0.15, 0.2) is 0 Å². The van der Waals surface area contributed by atoms with E-state index in [9.17, 15) is 19.8 Å². The second kappa shape index (κ2) is 58.4. The first-order chi connectivity index (χ1) is 35.0. The molecular weight excluding hydrogens is 875 g/mol. The summed E-state index contributed by atoms with van der Waals surface area (Å²) >= 11 is 0. The number of rotatable bonds is 56. The molecule has 0 fully saturated rings. The van der Waals surface area contributed by atoms with E-state index >= 15 is 0 Å². The molecule has 0 saturated heterocycles. The monoisotopic (exact) mass is 994 g/mol. The van der Waals surface area contributed by atoms with E-state index in [-0.39, 0.29) is 24.9 Å². The van der Waals surface area contributed by atoms with Crippen LogP contribution in [0, 0.1) is 0 Å². The van der Waals surface area contributed by atoms with Crippen molar-refractivity contribution in [3.63, 3.8) is 0 Å². The minimum absolute atomic E-state index is 0.0651. The second-order valence-corrected chi connectivity index (χ2v) is 21.2. The molecule has 0 radical (unpaired) electrons. The highest BCUT2D eigenvalue weighted by atomic mass is 16.5. The van der Waals surface area contributed by atoms with Crippen LogP contribution in [0.5, 0.6) is 0 Å². The molecule has 0 aliphatic rings. The van der Waals surface area contributed by atoms with Gasteiger partial charge in [0.25, 0.3) is 0 Å². The van der Waals surface area contributed by atoms with Crippen LogP contribution in [0.3, 0.4) is 0 Å². The first-order valence-electron chi connectivity index (χ1n) is 31.1. The molecule has 0 rings (SSSR count). The van der Waals surface area contributed by atoms with Crippen LogP contribution >= 0.6 is 0 Å². The molecule has 3 atom stereocenters. The van der Waals surface area contributed by atoms with E-state index in [2.05, 4.69) is 86.8 Å². The number of aliphatic hydroxyl groups excluding tert-OH is 2. The number of hydrogen-bond acceptors (Lipinski definition) is 5. The molecule has 6 heteroatoms. The number of carbonyl (C=O) groups excluding carboxylic acids is 2. The molecule has 414 valence electrons. The quantitative estimate of drug-likeness (QED) is 0.0244. The lowest BCUT2D eigenvalue weighted by molar-refractivity contribution is -0.151. The summed E-state index contributed by atoms with van der Waals surface area (Å²) in [6, 6.07) is -0.711. The van der Waals surface area contributed by atoms with Crippen molar-refractivity contribution in [3.05, 3.63) is 60.8 Å². The van der Waals surface area contributed by atoms with E-state index < -0.39 is 18.2 Å². The summed E-state index contributed by atoms with van der Waals surface area (Å²) in [6.07, 6.45) is 74.3. The Labute approximate surface area is 441 Å². The number of allylic oxidation sites excluding steroid dienone is 10. The molecule has 1 amide bonds. The predicted molar refractivity (Wildman–Crippen MR) is 310 cm³/mol. The number of esters is 1. The van der Waals surface area contributed by atoms with Crippen molar-refractivity contribution in [2.75, 3.05) is 6.61 Å². The minimum atomic E-state index is -0.796. The molecule has 0 bridgehead atoms. The topological polar surface area (TPSA) is 95.9 Å². The number of ether oxygens (including phenoxy) is 1. The molecule has 0 aromatic heterocycles. The molecule has 0 aliphatic heterocycles. The fourth-order valence-corrected chi connectivity index (χ4v) is 9.44. The smallest absolute Gasteiger partial charge is 0.306 e. The molecule has 0 heterocycles. The molecule has 0 aromatic rings. The van der Waals surface area contributed by atoms with E-state index in [0.29, 0.717) is 19.3 Å². The van der Waals surface area contributed by atoms with Crippen LogP contribution in [0.1, 0.15) is 316 Å². The van der Waals surface area contributed by atoms with Gasteiger partial charge in [-0.3, -0.25) is 9.59 Å². The normalized spacial score (nSPS) is 13.5. The van der Waals surface area contributed by atoms with Crippen LogP contribution in [0.2, 0.25) is 0 Å². The molecule has 3 unspecified atom stereocenters. The zero-order valence-electron chi connectivity index (χ0n) is 47.4. The Kier molecular flexibility index (Phi) is 56.4. The van der Waals surface area contributed by atoms with Gasteiger partial charge in [-0.25, -0.2) is 0 Å². The third kappa shape index (κ3) is 53.7.